The Morgan fingerprint density at radius 3 is 2.71 bits per heavy atom. The first-order valence-corrected chi connectivity index (χ1v) is 5.24. The fourth-order valence-electron chi connectivity index (χ4n) is 1.66. The lowest BCUT2D eigenvalue weighted by Gasteiger charge is -2.06. The van der Waals surface area contributed by atoms with Gasteiger partial charge in [-0.1, -0.05) is 17.7 Å². The quantitative estimate of drug-likeness (QED) is 0.798. The van der Waals surface area contributed by atoms with Crippen molar-refractivity contribution in [3.8, 4) is 11.3 Å². The topological polar surface area (TPSA) is 62.8 Å². The van der Waals surface area contributed by atoms with Crippen molar-refractivity contribution in [1.29, 1.82) is 0 Å². The molecule has 2 rings (SSSR count). The minimum atomic E-state index is -0.464. The highest BCUT2D eigenvalue weighted by molar-refractivity contribution is 5.77. The van der Waals surface area contributed by atoms with E-state index in [1.807, 2.05) is 32.0 Å². The summed E-state index contributed by atoms with van der Waals surface area (Å²) in [6.07, 6.45) is 0.537. The number of hydrogen-bond acceptors (Lipinski definition) is 3. The molecule has 0 fully saturated rings. The second-order valence-corrected chi connectivity index (χ2v) is 3.97. The third-order valence-corrected chi connectivity index (χ3v) is 2.63. The zero-order valence-corrected chi connectivity index (χ0v) is 9.65. The van der Waals surface area contributed by atoms with Gasteiger partial charge in [0.2, 0.25) is 0 Å². The summed E-state index contributed by atoms with van der Waals surface area (Å²) >= 11 is 0. The van der Waals surface area contributed by atoms with Crippen molar-refractivity contribution in [1.82, 2.24) is 10.2 Å². The van der Waals surface area contributed by atoms with Crippen LogP contribution in [0.4, 0.5) is 0 Å². The van der Waals surface area contributed by atoms with E-state index >= 15 is 0 Å². The molecule has 17 heavy (non-hydrogen) atoms. The smallest absolute Gasteiger partial charge is 0.274 e. The highest BCUT2D eigenvalue weighted by Gasteiger charge is 2.07. The number of rotatable bonds is 2. The minimum Gasteiger partial charge on any atom is -0.298 e. The Kier molecular flexibility index (Phi) is 2.87. The Morgan fingerprint density at radius 1 is 1.24 bits per heavy atom. The normalized spacial score (nSPS) is 10.2. The molecule has 0 bridgehead atoms. The van der Waals surface area contributed by atoms with E-state index in [9.17, 15) is 9.59 Å². The van der Waals surface area contributed by atoms with E-state index < -0.39 is 5.56 Å². The Morgan fingerprint density at radius 2 is 2.00 bits per heavy atom. The Hall–Kier alpha value is -2.23. The van der Waals surface area contributed by atoms with Crippen LogP contribution in [0.2, 0.25) is 0 Å². The third kappa shape index (κ3) is 2.15. The number of aryl methyl sites for hydroxylation is 2. The number of H-pyrrole nitrogens is 1. The molecule has 2 aromatic rings. The number of nitrogens with one attached hydrogen (secondary N) is 1. The maximum absolute atomic E-state index is 11.2. The van der Waals surface area contributed by atoms with Gasteiger partial charge >= 0.3 is 0 Å². The van der Waals surface area contributed by atoms with Crippen molar-refractivity contribution < 1.29 is 4.79 Å². The SMILES string of the molecule is Cc1ccc(C)c(-c2cc(C=O)c(=O)[nH]n2)c1. The number of benzene rings is 1. The largest absolute Gasteiger partial charge is 0.298 e. The van der Waals surface area contributed by atoms with Crippen LogP contribution in [-0.2, 0) is 0 Å². The third-order valence-electron chi connectivity index (χ3n) is 2.63. The predicted octanol–water partition coefficient (Wildman–Crippen LogP) is 1.87. The predicted molar refractivity (Wildman–Crippen MR) is 65.2 cm³/mol. The van der Waals surface area contributed by atoms with Gasteiger partial charge in [0, 0.05) is 5.56 Å². The van der Waals surface area contributed by atoms with Crippen molar-refractivity contribution >= 4 is 6.29 Å². The van der Waals surface area contributed by atoms with Crippen molar-refractivity contribution in [2.45, 2.75) is 13.8 Å². The average Bonchev–Trinajstić information content (AvgIpc) is 2.33. The molecule has 4 nitrogen and oxygen atoms in total. The molecule has 86 valence electrons. The van der Waals surface area contributed by atoms with Crippen molar-refractivity contribution in [2.24, 2.45) is 0 Å². The van der Waals surface area contributed by atoms with Crippen LogP contribution >= 0.6 is 0 Å². The van der Waals surface area contributed by atoms with Gasteiger partial charge in [0.1, 0.15) is 0 Å². The van der Waals surface area contributed by atoms with Gasteiger partial charge in [-0.05, 0) is 31.5 Å². The first-order valence-electron chi connectivity index (χ1n) is 5.24. The summed E-state index contributed by atoms with van der Waals surface area (Å²) < 4.78 is 0. The number of nitrogens with zero attached hydrogens (tertiary/aromatic N) is 1. The monoisotopic (exact) mass is 228 g/mol. The molecule has 1 heterocycles. The molecule has 0 amide bonds. The van der Waals surface area contributed by atoms with E-state index in [1.165, 1.54) is 6.07 Å². The molecule has 0 spiro atoms. The van der Waals surface area contributed by atoms with Crippen LogP contribution in [0.25, 0.3) is 11.3 Å². The molecule has 1 aromatic heterocycles. The summed E-state index contributed by atoms with van der Waals surface area (Å²) in [6, 6.07) is 7.47. The summed E-state index contributed by atoms with van der Waals surface area (Å²) in [5.74, 6) is 0. The highest BCUT2D eigenvalue weighted by atomic mass is 16.1. The maximum Gasteiger partial charge on any atom is 0.274 e. The first kappa shape index (κ1) is 11.3. The van der Waals surface area contributed by atoms with Crippen molar-refractivity contribution in [3.05, 3.63) is 51.3 Å². The van der Waals surface area contributed by atoms with Gasteiger partial charge in [0.25, 0.3) is 5.56 Å². The van der Waals surface area contributed by atoms with E-state index in [1.54, 1.807) is 0 Å². The number of hydrogen-bond donors (Lipinski definition) is 1. The molecule has 1 aromatic carbocycles. The lowest BCUT2D eigenvalue weighted by Crippen LogP contribution is -2.13. The van der Waals surface area contributed by atoms with Crippen LogP contribution in [0.5, 0.6) is 0 Å². The van der Waals surface area contributed by atoms with E-state index in [0.29, 0.717) is 12.0 Å². The van der Waals surface area contributed by atoms with Crippen LogP contribution < -0.4 is 5.56 Å². The van der Waals surface area contributed by atoms with Gasteiger partial charge in [-0.25, -0.2) is 5.10 Å². The lowest BCUT2D eigenvalue weighted by atomic mass is 10.0. The fourth-order valence-corrected chi connectivity index (χ4v) is 1.66. The number of aldehydes is 1. The summed E-state index contributed by atoms with van der Waals surface area (Å²) in [4.78, 5) is 22.0. The molecular formula is C13H12N2O2. The van der Waals surface area contributed by atoms with E-state index in [4.69, 9.17) is 0 Å². The second-order valence-electron chi connectivity index (χ2n) is 3.97. The summed E-state index contributed by atoms with van der Waals surface area (Å²) in [6.45, 7) is 3.94. The van der Waals surface area contributed by atoms with Gasteiger partial charge in [0.15, 0.2) is 6.29 Å². The van der Waals surface area contributed by atoms with E-state index in [2.05, 4.69) is 10.2 Å². The Labute approximate surface area is 98.3 Å². The van der Waals surface area contributed by atoms with Crippen molar-refractivity contribution in [3.63, 3.8) is 0 Å². The van der Waals surface area contributed by atoms with Gasteiger partial charge < -0.3 is 0 Å². The molecule has 0 atom stereocenters. The molecule has 0 aliphatic rings. The lowest BCUT2D eigenvalue weighted by molar-refractivity contribution is 0.112. The van der Waals surface area contributed by atoms with E-state index in [0.717, 1.165) is 16.7 Å². The molecule has 0 radical (unpaired) electrons. The van der Waals surface area contributed by atoms with Gasteiger partial charge in [0.05, 0.1) is 11.3 Å². The Balaban J connectivity index is 2.64. The van der Waals surface area contributed by atoms with Crippen LogP contribution in [0.1, 0.15) is 21.5 Å². The molecule has 0 saturated heterocycles. The number of carbonyl (C=O) groups excluding carboxylic acids is 1. The highest BCUT2D eigenvalue weighted by Crippen LogP contribution is 2.21. The van der Waals surface area contributed by atoms with Gasteiger partial charge in [-0.15, -0.1) is 0 Å². The zero-order valence-electron chi connectivity index (χ0n) is 9.65. The van der Waals surface area contributed by atoms with Gasteiger partial charge in [-0.3, -0.25) is 9.59 Å². The van der Waals surface area contributed by atoms with Crippen LogP contribution in [0, 0.1) is 13.8 Å². The minimum absolute atomic E-state index is 0.0934. The average molecular weight is 228 g/mol. The van der Waals surface area contributed by atoms with E-state index in [-0.39, 0.29) is 5.56 Å². The maximum atomic E-state index is 11.2. The molecule has 4 heteroatoms. The summed E-state index contributed by atoms with van der Waals surface area (Å²) in [5.41, 5.74) is 3.31. The molecule has 0 unspecified atom stereocenters. The molecule has 0 aliphatic heterocycles. The fraction of sp³-hybridized carbons (Fsp3) is 0.154. The number of aromatic nitrogens is 2. The summed E-state index contributed by atoms with van der Waals surface area (Å²) in [5, 5.41) is 6.29. The number of carbonyl (C=O) groups is 1. The number of aromatic amines is 1. The zero-order chi connectivity index (χ0) is 12.4. The van der Waals surface area contributed by atoms with Crippen LogP contribution in [-0.4, -0.2) is 16.5 Å². The molecule has 1 N–H and O–H groups in total. The second kappa shape index (κ2) is 4.33. The van der Waals surface area contributed by atoms with Crippen LogP contribution in [0.3, 0.4) is 0 Å². The standard InChI is InChI=1S/C13H12N2O2/c1-8-3-4-9(2)11(5-8)12-6-10(7-16)13(17)15-14-12/h3-7H,1-2H3,(H,15,17). The molecular weight excluding hydrogens is 216 g/mol. The summed E-state index contributed by atoms with van der Waals surface area (Å²) in [7, 11) is 0. The van der Waals surface area contributed by atoms with Gasteiger partial charge in [-0.2, -0.15) is 5.10 Å². The molecule has 0 aliphatic carbocycles. The van der Waals surface area contributed by atoms with Crippen molar-refractivity contribution in [2.75, 3.05) is 0 Å². The Bertz CT molecular complexity index is 630. The first-order chi connectivity index (χ1) is 8.11. The molecule has 0 saturated carbocycles. The van der Waals surface area contributed by atoms with Crippen LogP contribution in [0.15, 0.2) is 29.1 Å².